The summed E-state index contributed by atoms with van der Waals surface area (Å²) in [6.45, 7) is 3.87. The zero-order chi connectivity index (χ0) is 11.0. The first kappa shape index (κ1) is 9.41. The average molecular weight is 206 g/mol. The van der Waals surface area contributed by atoms with Crippen molar-refractivity contribution in [1.29, 1.82) is 0 Å². The van der Waals surface area contributed by atoms with E-state index in [4.69, 9.17) is 0 Å². The highest BCUT2D eigenvalue weighted by Gasteiger charge is 2.26. The lowest BCUT2D eigenvalue weighted by molar-refractivity contribution is 0.856. The summed E-state index contributed by atoms with van der Waals surface area (Å²) in [5.41, 5.74) is 5.68. The van der Waals surface area contributed by atoms with Gasteiger partial charge in [0, 0.05) is 5.92 Å². The quantitative estimate of drug-likeness (QED) is 0.640. The molecule has 0 aliphatic heterocycles. The Kier molecular flexibility index (Phi) is 2.14. The van der Waals surface area contributed by atoms with Crippen LogP contribution in [0.5, 0.6) is 0 Å². The molecule has 78 valence electrons. The zero-order valence-electron chi connectivity index (χ0n) is 9.19. The van der Waals surface area contributed by atoms with E-state index >= 15 is 0 Å². The lowest BCUT2D eigenvalue weighted by Gasteiger charge is -2.10. The fourth-order valence-corrected chi connectivity index (χ4v) is 2.68. The van der Waals surface area contributed by atoms with Crippen molar-refractivity contribution in [3.8, 4) is 11.1 Å². The monoisotopic (exact) mass is 206 g/mol. The minimum absolute atomic E-state index is 0.505. The molecule has 0 aromatic heterocycles. The van der Waals surface area contributed by atoms with E-state index in [2.05, 4.69) is 55.1 Å². The molecule has 0 saturated heterocycles. The predicted molar refractivity (Wildman–Crippen MR) is 68.5 cm³/mol. The average Bonchev–Trinajstić information content (AvgIpc) is 2.66. The van der Waals surface area contributed by atoms with Gasteiger partial charge in [0.2, 0.25) is 0 Å². The topological polar surface area (TPSA) is 0 Å². The van der Waals surface area contributed by atoms with Gasteiger partial charge >= 0.3 is 0 Å². The van der Waals surface area contributed by atoms with Gasteiger partial charge in [-0.25, -0.2) is 0 Å². The Balaban J connectivity index is 2.25. The van der Waals surface area contributed by atoms with Crippen LogP contribution in [0.25, 0.3) is 11.1 Å². The van der Waals surface area contributed by atoms with Crippen molar-refractivity contribution in [2.75, 3.05) is 0 Å². The van der Waals surface area contributed by atoms with Crippen LogP contribution in [0, 0.1) is 0 Å². The van der Waals surface area contributed by atoms with E-state index < -0.39 is 0 Å². The van der Waals surface area contributed by atoms with Crippen LogP contribution in [0.1, 0.15) is 23.5 Å². The normalized spacial score (nSPS) is 13.2. The SMILES string of the molecule is C=CCC1c2ccccc2-c2ccccc21. The van der Waals surface area contributed by atoms with Crippen LogP contribution in [-0.4, -0.2) is 0 Å². The van der Waals surface area contributed by atoms with Gasteiger partial charge in [-0.2, -0.15) is 0 Å². The molecule has 0 radical (unpaired) electrons. The number of allylic oxidation sites excluding steroid dienone is 1. The fraction of sp³-hybridized carbons (Fsp3) is 0.125. The molecule has 2 aromatic rings. The fourth-order valence-electron chi connectivity index (χ4n) is 2.68. The van der Waals surface area contributed by atoms with E-state index in [9.17, 15) is 0 Å². The van der Waals surface area contributed by atoms with Crippen LogP contribution < -0.4 is 0 Å². The van der Waals surface area contributed by atoms with E-state index in [1.807, 2.05) is 6.08 Å². The van der Waals surface area contributed by atoms with E-state index in [1.165, 1.54) is 22.3 Å². The van der Waals surface area contributed by atoms with Gasteiger partial charge < -0.3 is 0 Å². The molecule has 0 heteroatoms. The Labute approximate surface area is 96.3 Å². The third-order valence-corrected chi connectivity index (χ3v) is 3.36. The molecule has 0 unspecified atom stereocenters. The van der Waals surface area contributed by atoms with Crippen LogP contribution in [0.2, 0.25) is 0 Å². The maximum absolute atomic E-state index is 3.87. The first-order chi connectivity index (χ1) is 7.92. The second-order valence-corrected chi connectivity index (χ2v) is 4.25. The summed E-state index contributed by atoms with van der Waals surface area (Å²) in [6, 6.07) is 17.4. The van der Waals surface area contributed by atoms with Gasteiger partial charge in [0.1, 0.15) is 0 Å². The minimum Gasteiger partial charge on any atom is -0.103 e. The summed E-state index contributed by atoms with van der Waals surface area (Å²) in [7, 11) is 0. The summed E-state index contributed by atoms with van der Waals surface area (Å²) in [5, 5.41) is 0. The number of benzene rings is 2. The molecule has 0 fully saturated rings. The number of hydrogen-bond acceptors (Lipinski definition) is 0. The Morgan fingerprint density at radius 3 is 1.88 bits per heavy atom. The molecule has 0 amide bonds. The second kappa shape index (κ2) is 3.64. The van der Waals surface area contributed by atoms with E-state index in [-0.39, 0.29) is 0 Å². The van der Waals surface area contributed by atoms with E-state index in [0.717, 1.165) is 6.42 Å². The third-order valence-electron chi connectivity index (χ3n) is 3.36. The third kappa shape index (κ3) is 1.23. The molecule has 0 heterocycles. The summed E-state index contributed by atoms with van der Waals surface area (Å²) in [5.74, 6) is 0.505. The lowest BCUT2D eigenvalue weighted by atomic mass is 9.94. The lowest BCUT2D eigenvalue weighted by Crippen LogP contribution is -1.93. The molecule has 16 heavy (non-hydrogen) atoms. The van der Waals surface area contributed by atoms with Gasteiger partial charge in [0.05, 0.1) is 0 Å². The van der Waals surface area contributed by atoms with Crippen molar-refractivity contribution < 1.29 is 0 Å². The van der Waals surface area contributed by atoms with Crippen molar-refractivity contribution in [2.45, 2.75) is 12.3 Å². The van der Waals surface area contributed by atoms with Gasteiger partial charge in [0.15, 0.2) is 0 Å². The van der Waals surface area contributed by atoms with Crippen LogP contribution >= 0.6 is 0 Å². The molecule has 3 rings (SSSR count). The summed E-state index contributed by atoms with van der Waals surface area (Å²) in [4.78, 5) is 0. The van der Waals surface area contributed by atoms with Crippen molar-refractivity contribution in [2.24, 2.45) is 0 Å². The molecule has 0 atom stereocenters. The van der Waals surface area contributed by atoms with Gasteiger partial charge in [-0.1, -0.05) is 54.6 Å². The zero-order valence-corrected chi connectivity index (χ0v) is 9.19. The van der Waals surface area contributed by atoms with Crippen molar-refractivity contribution in [3.05, 3.63) is 72.3 Å². The van der Waals surface area contributed by atoms with Gasteiger partial charge in [0.25, 0.3) is 0 Å². The first-order valence-corrected chi connectivity index (χ1v) is 5.71. The molecular weight excluding hydrogens is 192 g/mol. The highest BCUT2D eigenvalue weighted by atomic mass is 14.3. The Morgan fingerprint density at radius 1 is 0.875 bits per heavy atom. The standard InChI is InChI=1S/C16H14/c1-2-7-12-13-8-3-5-10-15(13)16-11-6-4-9-14(12)16/h2-6,8-12H,1,7H2. The number of hydrogen-bond donors (Lipinski definition) is 0. The van der Waals surface area contributed by atoms with Crippen LogP contribution in [0.15, 0.2) is 61.2 Å². The maximum atomic E-state index is 3.87. The van der Waals surface area contributed by atoms with E-state index in [0.29, 0.717) is 5.92 Å². The number of rotatable bonds is 2. The first-order valence-electron chi connectivity index (χ1n) is 5.71. The number of fused-ring (bicyclic) bond motifs is 3. The summed E-state index contributed by atoms with van der Waals surface area (Å²) >= 11 is 0. The molecule has 0 saturated carbocycles. The van der Waals surface area contributed by atoms with E-state index in [1.54, 1.807) is 0 Å². The Bertz CT molecular complexity index is 492. The maximum Gasteiger partial charge on any atom is 0.0136 e. The van der Waals surface area contributed by atoms with Gasteiger partial charge in [-0.15, -0.1) is 6.58 Å². The van der Waals surface area contributed by atoms with Crippen molar-refractivity contribution in [3.63, 3.8) is 0 Å². The molecular formula is C16H14. The predicted octanol–water partition coefficient (Wildman–Crippen LogP) is 4.38. The second-order valence-electron chi connectivity index (χ2n) is 4.25. The summed E-state index contributed by atoms with van der Waals surface area (Å²) in [6.07, 6.45) is 3.04. The molecule has 0 spiro atoms. The van der Waals surface area contributed by atoms with Crippen molar-refractivity contribution in [1.82, 2.24) is 0 Å². The van der Waals surface area contributed by atoms with Crippen LogP contribution in [0.3, 0.4) is 0 Å². The minimum atomic E-state index is 0.505. The highest BCUT2D eigenvalue weighted by molar-refractivity contribution is 5.78. The largest absolute Gasteiger partial charge is 0.103 e. The highest BCUT2D eigenvalue weighted by Crippen LogP contribution is 2.45. The van der Waals surface area contributed by atoms with Crippen molar-refractivity contribution >= 4 is 0 Å². The molecule has 1 aliphatic carbocycles. The molecule has 0 bridgehead atoms. The molecule has 0 nitrogen and oxygen atoms in total. The molecule has 0 N–H and O–H groups in total. The summed E-state index contributed by atoms with van der Waals surface area (Å²) < 4.78 is 0. The molecule has 1 aliphatic rings. The Hall–Kier alpha value is -1.82. The van der Waals surface area contributed by atoms with Crippen LogP contribution in [0.4, 0.5) is 0 Å². The Morgan fingerprint density at radius 2 is 1.38 bits per heavy atom. The van der Waals surface area contributed by atoms with Gasteiger partial charge in [-0.3, -0.25) is 0 Å². The van der Waals surface area contributed by atoms with Gasteiger partial charge in [-0.05, 0) is 28.7 Å². The van der Waals surface area contributed by atoms with Crippen LogP contribution in [-0.2, 0) is 0 Å². The molecule has 2 aromatic carbocycles. The smallest absolute Gasteiger partial charge is 0.0136 e.